The number of carbonyl (C=O) groups excluding carboxylic acids is 1. The van der Waals surface area contributed by atoms with Crippen molar-refractivity contribution < 1.29 is 13.9 Å². The van der Waals surface area contributed by atoms with Crippen molar-refractivity contribution in [3.05, 3.63) is 70.8 Å². The standard InChI is InChI=1S/C17H13FN2O2S/c18-12-3-6-14(7-4-12)22-17-8-5-13(11-19-17)20-16(21)10-15-2-1-9-23-15/h1-9,11H,10H2,(H,20,21). The van der Waals surface area contributed by atoms with Crippen LogP contribution in [0.25, 0.3) is 0 Å². The first-order chi connectivity index (χ1) is 11.2. The van der Waals surface area contributed by atoms with E-state index in [-0.39, 0.29) is 11.7 Å². The number of aromatic nitrogens is 1. The van der Waals surface area contributed by atoms with Crippen LogP contribution in [-0.4, -0.2) is 10.9 Å². The van der Waals surface area contributed by atoms with Gasteiger partial charge in [-0.15, -0.1) is 11.3 Å². The van der Waals surface area contributed by atoms with Crippen LogP contribution in [0.1, 0.15) is 4.88 Å². The average Bonchev–Trinajstić information content (AvgIpc) is 3.04. The Morgan fingerprint density at radius 1 is 1.17 bits per heavy atom. The van der Waals surface area contributed by atoms with Crippen molar-refractivity contribution in [2.45, 2.75) is 6.42 Å². The zero-order chi connectivity index (χ0) is 16.1. The highest BCUT2D eigenvalue weighted by molar-refractivity contribution is 7.10. The Bertz CT molecular complexity index is 771. The SMILES string of the molecule is O=C(Cc1cccs1)Nc1ccc(Oc2ccc(F)cc2)nc1. The predicted molar refractivity (Wildman–Crippen MR) is 87.4 cm³/mol. The van der Waals surface area contributed by atoms with Gasteiger partial charge in [-0.1, -0.05) is 6.07 Å². The summed E-state index contributed by atoms with van der Waals surface area (Å²) in [6, 6.07) is 12.9. The quantitative estimate of drug-likeness (QED) is 0.761. The zero-order valence-corrected chi connectivity index (χ0v) is 12.8. The van der Waals surface area contributed by atoms with E-state index < -0.39 is 0 Å². The Balaban J connectivity index is 1.58. The molecule has 3 rings (SSSR count). The highest BCUT2D eigenvalue weighted by atomic mass is 32.1. The second-order valence-corrected chi connectivity index (χ2v) is 5.78. The Morgan fingerprint density at radius 2 is 2.00 bits per heavy atom. The monoisotopic (exact) mass is 328 g/mol. The molecule has 0 saturated heterocycles. The summed E-state index contributed by atoms with van der Waals surface area (Å²) in [4.78, 5) is 17.0. The van der Waals surface area contributed by atoms with E-state index in [1.54, 1.807) is 23.5 Å². The van der Waals surface area contributed by atoms with Crippen LogP contribution in [0.15, 0.2) is 60.1 Å². The maximum atomic E-state index is 12.8. The number of hydrogen-bond donors (Lipinski definition) is 1. The van der Waals surface area contributed by atoms with Crippen molar-refractivity contribution >= 4 is 22.9 Å². The number of amides is 1. The van der Waals surface area contributed by atoms with E-state index in [9.17, 15) is 9.18 Å². The molecule has 2 heterocycles. The Kier molecular flexibility index (Phi) is 4.63. The lowest BCUT2D eigenvalue weighted by atomic mass is 10.3. The lowest BCUT2D eigenvalue weighted by Crippen LogP contribution is -2.13. The molecule has 0 bridgehead atoms. The summed E-state index contributed by atoms with van der Waals surface area (Å²) in [5.74, 6) is 0.441. The van der Waals surface area contributed by atoms with Gasteiger partial charge in [0.1, 0.15) is 11.6 Å². The third-order valence-electron chi connectivity index (χ3n) is 2.97. The van der Waals surface area contributed by atoms with Crippen molar-refractivity contribution in [3.8, 4) is 11.6 Å². The highest BCUT2D eigenvalue weighted by Crippen LogP contribution is 2.20. The second kappa shape index (κ2) is 7.02. The van der Waals surface area contributed by atoms with E-state index >= 15 is 0 Å². The topological polar surface area (TPSA) is 51.2 Å². The molecule has 1 aromatic carbocycles. The molecule has 23 heavy (non-hydrogen) atoms. The third-order valence-corrected chi connectivity index (χ3v) is 3.85. The minimum atomic E-state index is -0.325. The maximum Gasteiger partial charge on any atom is 0.229 e. The average molecular weight is 328 g/mol. The van der Waals surface area contributed by atoms with E-state index in [0.29, 0.717) is 23.7 Å². The molecule has 6 heteroatoms. The highest BCUT2D eigenvalue weighted by Gasteiger charge is 2.06. The minimum absolute atomic E-state index is 0.0959. The largest absolute Gasteiger partial charge is 0.439 e. The molecule has 116 valence electrons. The zero-order valence-electron chi connectivity index (χ0n) is 12.0. The Labute approximate surface area is 136 Å². The van der Waals surface area contributed by atoms with Gasteiger partial charge in [-0.25, -0.2) is 9.37 Å². The van der Waals surface area contributed by atoms with Crippen LogP contribution >= 0.6 is 11.3 Å². The molecule has 0 spiro atoms. The number of ether oxygens (including phenoxy) is 1. The van der Waals surface area contributed by atoms with Gasteiger partial charge in [-0.05, 0) is 41.8 Å². The first-order valence-electron chi connectivity index (χ1n) is 6.91. The first-order valence-corrected chi connectivity index (χ1v) is 7.79. The van der Waals surface area contributed by atoms with Gasteiger partial charge in [-0.3, -0.25) is 4.79 Å². The normalized spacial score (nSPS) is 10.3. The molecule has 0 aliphatic heterocycles. The second-order valence-electron chi connectivity index (χ2n) is 4.75. The predicted octanol–water partition coefficient (Wildman–Crippen LogP) is 4.26. The van der Waals surface area contributed by atoms with E-state index in [2.05, 4.69) is 10.3 Å². The number of pyridine rings is 1. The van der Waals surface area contributed by atoms with E-state index in [1.165, 1.54) is 30.5 Å². The molecule has 1 N–H and O–H groups in total. The summed E-state index contributed by atoms with van der Waals surface area (Å²) in [5, 5.41) is 4.72. The molecule has 0 atom stereocenters. The van der Waals surface area contributed by atoms with Gasteiger partial charge in [-0.2, -0.15) is 0 Å². The molecule has 0 saturated carbocycles. The fourth-order valence-electron chi connectivity index (χ4n) is 1.91. The van der Waals surface area contributed by atoms with Crippen molar-refractivity contribution in [1.82, 2.24) is 4.98 Å². The van der Waals surface area contributed by atoms with Gasteiger partial charge >= 0.3 is 0 Å². The van der Waals surface area contributed by atoms with Gasteiger partial charge < -0.3 is 10.1 Å². The van der Waals surface area contributed by atoms with Crippen LogP contribution in [0.2, 0.25) is 0 Å². The van der Waals surface area contributed by atoms with E-state index in [1.807, 2.05) is 17.5 Å². The molecule has 0 unspecified atom stereocenters. The molecule has 4 nitrogen and oxygen atoms in total. The number of nitrogens with zero attached hydrogens (tertiary/aromatic N) is 1. The molecular weight excluding hydrogens is 315 g/mol. The Hall–Kier alpha value is -2.73. The van der Waals surface area contributed by atoms with E-state index in [0.717, 1.165) is 4.88 Å². The number of nitrogens with one attached hydrogen (secondary N) is 1. The summed E-state index contributed by atoms with van der Waals surface area (Å²) in [5.41, 5.74) is 0.595. The third kappa shape index (κ3) is 4.37. The molecule has 0 fully saturated rings. The number of thiophene rings is 1. The van der Waals surface area contributed by atoms with Gasteiger partial charge in [0, 0.05) is 10.9 Å². The fourth-order valence-corrected chi connectivity index (χ4v) is 2.62. The van der Waals surface area contributed by atoms with Gasteiger partial charge in [0.05, 0.1) is 18.3 Å². The number of anilines is 1. The number of halogens is 1. The smallest absolute Gasteiger partial charge is 0.229 e. The maximum absolute atomic E-state index is 12.8. The van der Waals surface area contributed by atoms with Gasteiger partial charge in [0.2, 0.25) is 11.8 Å². The van der Waals surface area contributed by atoms with Crippen LogP contribution in [0.5, 0.6) is 11.6 Å². The summed E-state index contributed by atoms with van der Waals surface area (Å²) >= 11 is 1.54. The molecule has 0 aliphatic rings. The molecule has 3 aromatic rings. The first kappa shape index (κ1) is 15.2. The van der Waals surface area contributed by atoms with Crippen molar-refractivity contribution in [2.75, 3.05) is 5.32 Å². The van der Waals surface area contributed by atoms with Crippen LogP contribution in [0.4, 0.5) is 10.1 Å². The van der Waals surface area contributed by atoms with Gasteiger partial charge in [0.25, 0.3) is 0 Å². The fraction of sp³-hybridized carbons (Fsp3) is 0.0588. The summed E-state index contributed by atoms with van der Waals surface area (Å²) in [6.07, 6.45) is 1.86. The number of hydrogen-bond acceptors (Lipinski definition) is 4. The van der Waals surface area contributed by atoms with Crippen LogP contribution in [-0.2, 0) is 11.2 Å². The molecular formula is C17H13FN2O2S. The minimum Gasteiger partial charge on any atom is -0.439 e. The van der Waals surface area contributed by atoms with Crippen molar-refractivity contribution in [3.63, 3.8) is 0 Å². The lowest BCUT2D eigenvalue weighted by molar-refractivity contribution is -0.115. The van der Waals surface area contributed by atoms with E-state index in [4.69, 9.17) is 4.74 Å². The summed E-state index contributed by atoms with van der Waals surface area (Å²) in [6.45, 7) is 0. The molecule has 1 amide bonds. The summed E-state index contributed by atoms with van der Waals surface area (Å²) in [7, 11) is 0. The van der Waals surface area contributed by atoms with Gasteiger partial charge in [0.15, 0.2) is 0 Å². The Morgan fingerprint density at radius 3 is 2.65 bits per heavy atom. The number of rotatable bonds is 5. The molecule has 2 aromatic heterocycles. The summed E-state index contributed by atoms with van der Waals surface area (Å²) < 4.78 is 18.3. The van der Waals surface area contributed by atoms with Crippen molar-refractivity contribution in [1.29, 1.82) is 0 Å². The number of carbonyl (C=O) groups is 1. The van der Waals surface area contributed by atoms with Crippen LogP contribution in [0.3, 0.4) is 0 Å². The van der Waals surface area contributed by atoms with Crippen LogP contribution in [0, 0.1) is 5.82 Å². The van der Waals surface area contributed by atoms with Crippen molar-refractivity contribution in [2.24, 2.45) is 0 Å². The molecule has 0 aliphatic carbocycles. The lowest BCUT2D eigenvalue weighted by Gasteiger charge is -2.07. The number of benzene rings is 1. The van der Waals surface area contributed by atoms with Crippen LogP contribution < -0.4 is 10.1 Å². The molecule has 0 radical (unpaired) electrons.